The topological polar surface area (TPSA) is 23.8 Å². The van der Waals surface area contributed by atoms with Crippen molar-refractivity contribution in [1.82, 2.24) is 0 Å². The molecule has 0 atom stereocenters. The number of nitrogens with zero attached hydrogens (tertiary/aromatic N) is 1. The second-order valence-corrected chi connectivity index (χ2v) is 10.8. The molecule has 2 aliphatic rings. The van der Waals surface area contributed by atoms with Gasteiger partial charge in [-0.2, -0.15) is 5.26 Å². The maximum atomic E-state index is 9.28. The molecule has 0 bridgehead atoms. The Kier molecular flexibility index (Phi) is 4.93. The van der Waals surface area contributed by atoms with E-state index in [2.05, 4.69) is 127 Å². The van der Waals surface area contributed by atoms with Crippen molar-refractivity contribution in [1.29, 1.82) is 5.26 Å². The molecule has 8 rings (SSSR count). The molecule has 0 saturated heterocycles. The molecule has 1 spiro atoms. The lowest BCUT2D eigenvalue weighted by molar-refractivity contribution is 0.697. The van der Waals surface area contributed by atoms with E-state index >= 15 is 0 Å². The normalized spacial score (nSPS) is 17.8. The molecule has 0 amide bonds. The minimum atomic E-state index is -0.395. The zero-order valence-electron chi connectivity index (χ0n) is 21.9. The van der Waals surface area contributed by atoms with E-state index in [9.17, 15) is 5.26 Å². The van der Waals surface area contributed by atoms with Gasteiger partial charge >= 0.3 is 0 Å². The molecule has 0 unspecified atom stereocenters. The van der Waals surface area contributed by atoms with Gasteiger partial charge in [0.1, 0.15) is 0 Å². The number of fused-ring (bicyclic) bond motifs is 9. The highest BCUT2D eigenvalue weighted by Crippen LogP contribution is 2.62. The molecule has 1 nitrogen and oxygen atoms in total. The molecule has 0 radical (unpaired) electrons. The Morgan fingerprint density at radius 1 is 0.475 bits per heavy atom. The SMILES string of the molecule is N#Cc1ccc(-c2ccc3c(c2)-c2ccccc2C32c3ccccc3C(c3ccccc3)c3ccccc32)cc1. The predicted molar refractivity (Wildman–Crippen MR) is 161 cm³/mol. The maximum absolute atomic E-state index is 9.28. The van der Waals surface area contributed by atoms with Gasteiger partial charge in [0.15, 0.2) is 0 Å². The van der Waals surface area contributed by atoms with E-state index in [1.54, 1.807) is 0 Å². The summed E-state index contributed by atoms with van der Waals surface area (Å²) in [6.07, 6.45) is 0. The first-order valence-electron chi connectivity index (χ1n) is 13.8. The van der Waals surface area contributed by atoms with Crippen molar-refractivity contribution in [3.8, 4) is 28.3 Å². The molecule has 6 aromatic carbocycles. The molecular formula is C39H25N. The highest BCUT2D eigenvalue weighted by Gasteiger charge is 2.51. The largest absolute Gasteiger partial charge is 0.192 e. The second-order valence-electron chi connectivity index (χ2n) is 10.8. The fraction of sp³-hybridized carbons (Fsp3) is 0.0513. The molecule has 0 heterocycles. The van der Waals surface area contributed by atoms with E-state index in [0.29, 0.717) is 5.56 Å². The number of benzene rings is 6. The molecule has 6 aromatic rings. The molecule has 1 heteroatoms. The number of nitriles is 1. The average molecular weight is 508 g/mol. The van der Waals surface area contributed by atoms with Crippen LogP contribution in [0.25, 0.3) is 22.3 Å². The zero-order valence-corrected chi connectivity index (χ0v) is 21.9. The van der Waals surface area contributed by atoms with Gasteiger partial charge in [0.25, 0.3) is 0 Å². The average Bonchev–Trinajstić information content (AvgIpc) is 3.32. The van der Waals surface area contributed by atoms with Gasteiger partial charge in [-0.25, -0.2) is 0 Å². The lowest BCUT2D eigenvalue weighted by atomic mass is 9.58. The number of hydrogen-bond donors (Lipinski definition) is 0. The Balaban J connectivity index is 1.45. The second kappa shape index (κ2) is 8.67. The van der Waals surface area contributed by atoms with Crippen molar-refractivity contribution in [2.45, 2.75) is 11.3 Å². The molecule has 40 heavy (non-hydrogen) atoms. The van der Waals surface area contributed by atoms with E-state index in [-0.39, 0.29) is 5.92 Å². The molecule has 0 N–H and O–H groups in total. The van der Waals surface area contributed by atoms with Crippen LogP contribution >= 0.6 is 0 Å². The van der Waals surface area contributed by atoms with Crippen LogP contribution in [0.5, 0.6) is 0 Å². The summed E-state index contributed by atoms with van der Waals surface area (Å²) in [6, 6.07) is 55.1. The molecule has 0 aliphatic heterocycles. The van der Waals surface area contributed by atoms with E-state index in [0.717, 1.165) is 11.1 Å². The van der Waals surface area contributed by atoms with Gasteiger partial charge in [0.2, 0.25) is 0 Å². The zero-order chi connectivity index (χ0) is 26.7. The van der Waals surface area contributed by atoms with Gasteiger partial charge in [0, 0.05) is 5.92 Å². The van der Waals surface area contributed by atoms with Gasteiger partial charge in [-0.3, -0.25) is 0 Å². The monoisotopic (exact) mass is 507 g/mol. The van der Waals surface area contributed by atoms with Crippen LogP contribution in [-0.2, 0) is 5.41 Å². The highest BCUT2D eigenvalue weighted by atomic mass is 14.5. The van der Waals surface area contributed by atoms with Gasteiger partial charge in [-0.05, 0) is 79.4 Å². The van der Waals surface area contributed by atoms with Crippen LogP contribution in [0, 0.1) is 11.3 Å². The van der Waals surface area contributed by atoms with Crippen LogP contribution in [0.1, 0.15) is 50.4 Å². The molecular weight excluding hydrogens is 482 g/mol. The van der Waals surface area contributed by atoms with Crippen LogP contribution in [0.2, 0.25) is 0 Å². The third-order valence-electron chi connectivity index (χ3n) is 8.88. The Morgan fingerprint density at radius 2 is 1.02 bits per heavy atom. The van der Waals surface area contributed by atoms with Gasteiger partial charge in [-0.15, -0.1) is 0 Å². The number of rotatable bonds is 2. The number of hydrogen-bond acceptors (Lipinski definition) is 1. The summed E-state index contributed by atoms with van der Waals surface area (Å²) in [5, 5.41) is 9.28. The summed E-state index contributed by atoms with van der Waals surface area (Å²) in [6.45, 7) is 0. The van der Waals surface area contributed by atoms with Crippen molar-refractivity contribution in [3.05, 3.63) is 190 Å². The minimum Gasteiger partial charge on any atom is -0.192 e. The van der Waals surface area contributed by atoms with Crippen molar-refractivity contribution in [3.63, 3.8) is 0 Å². The van der Waals surface area contributed by atoms with Gasteiger partial charge in [0.05, 0.1) is 17.0 Å². The van der Waals surface area contributed by atoms with E-state index in [4.69, 9.17) is 0 Å². The maximum Gasteiger partial charge on any atom is 0.0991 e. The first-order chi connectivity index (χ1) is 19.8. The predicted octanol–water partition coefficient (Wildman–Crippen LogP) is 9.08. The third kappa shape index (κ3) is 3.02. The van der Waals surface area contributed by atoms with Crippen LogP contribution in [0.4, 0.5) is 0 Å². The van der Waals surface area contributed by atoms with Crippen molar-refractivity contribution in [2.75, 3.05) is 0 Å². The summed E-state index contributed by atoms with van der Waals surface area (Å²) in [5.41, 5.74) is 14.6. The molecule has 0 aromatic heterocycles. The van der Waals surface area contributed by atoms with Crippen LogP contribution in [-0.4, -0.2) is 0 Å². The van der Waals surface area contributed by atoms with Crippen molar-refractivity contribution >= 4 is 0 Å². The van der Waals surface area contributed by atoms with E-state index in [1.807, 2.05) is 24.3 Å². The fourth-order valence-corrected chi connectivity index (χ4v) is 7.28. The quantitative estimate of drug-likeness (QED) is 0.229. The standard InChI is InChI=1S/C39H25N/c40-25-26-18-20-27(21-19-26)29-22-23-37-33(24-29)30-12-4-7-15-34(30)39(37)35-16-8-5-13-31(35)38(28-10-2-1-3-11-28)32-14-6-9-17-36(32)39/h1-24,38H. The highest BCUT2D eigenvalue weighted by molar-refractivity contribution is 5.90. The molecule has 0 fully saturated rings. The van der Waals surface area contributed by atoms with E-state index in [1.165, 1.54) is 50.1 Å². The van der Waals surface area contributed by atoms with Gasteiger partial charge < -0.3 is 0 Å². The van der Waals surface area contributed by atoms with E-state index < -0.39 is 5.41 Å². The Bertz CT molecular complexity index is 1910. The van der Waals surface area contributed by atoms with Crippen LogP contribution in [0.3, 0.4) is 0 Å². The van der Waals surface area contributed by atoms with Crippen LogP contribution < -0.4 is 0 Å². The summed E-state index contributed by atoms with van der Waals surface area (Å²) in [7, 11) is 0. The molecule has 2 aliphatic carbocycles. The first kappa shape index (κ1) is 22.8. The first-order valence-corrected chi connectivity index (χ1v) is 13.8. The molecule has 186 valence electrons. The van der Waals surface area contributed by atoms with Crippen molar-refractivity contribution in [2.24, 2.45) is 0 Å². The fourth-order valence-electron chi connectivity index (χ4n) is 7.28. The summed E-state index contributed by atoms with van der Waals surface area (Å²) in [4.78, 5) is 0. The Morgan fingerprint density at radius 3 is 1.70 bits per heavy atom. The summed E-state index contributed by atoms with van der Waals surface area (Å²) in [5.74, 6) is 0.174. The summed E-state index contributed by atoms with van der Waals surface area (Å²) >= 11 is 0. The van der Waals surface area contributed by atoms with Gasteiger partial charge in [-0.1, -0.05) is 127 Å². The lowest BCUT2D eigenvalue weighted by Gasteiger charge is -2.43. The minimum absolute atomic E-state index is 0.174. The Labute approximate surface area is 234 Å². The van der Waals surface area contributed by atoms with Crippen molar-refractivity contribution < 1.29 is 0 Å². The molecule has 0 saturated carbocycles. The smallest absolute Gasteiger partial charge is 0.0991 e. The Hall–Kier alpha value is -5.19. The lowest BCUT2D eigenvalue weighted by Crippen LogP contribution is -2.35. The third-order valence-corrected chi connectivity index (χ3v) is 8.88. The van der Waals surface area contributed by atoms with Crippen LogP contribution in [0.15, 0.2) is 146 Å². The summed E-state index contributed by atoms with van der Waals surface area (Å²) < 4.78 is 0.